The van der Waals surface area contributed by atoms with Gasteiger partial charge < -0.3 is 4.74 Å². The molecule has 0 aliphatic carbocycles. The average molecular weight is 465 g/mol. The number of aromatic nitrogens is 5. The first-order valence-electron chi connectivity index (χ1n) is 10.4. The number of ether oxygens (including phenoxy) is 1. The summed E-state index contributed by atoms with van der Waals surface area (Å²) >= 11 is 0. The monoisotopic (exact) mass is 464 g/mol. The minimum Gasteiger partial charge on any atom is -0.494 e. The molecule has 0 N–H and O–H groups in total. The van der Waals surface area contributed by atoms with E-state index in [1.165, 1.54) is 15.3 Å². The van der Waals surface area contributed by atoms with E-state index in [2.05, 4.69) is 20.5 Å². The van der Waals surface area contributed by atoms with Crippen molar-refractivity contribution in [3.05, 3.63) is 90.0 Å². The first-order chi connectivity index (χ1) is 16.0. The van der Waals surface area contributed by atoms with E-state index in [9.17, 15) is 8.42 Å². The van der Waals surface area contributed by atoms with Crippen LogP contribution in [0.1, 0.15) is 23.6 Å². The molecule has 4 aromatic rings. The maximum absolute atomic E-state index is 13.8. The van der Waals surface area contributed by atoms with E-state index in [0.29, 0.717) is 18.0 Å². The number of aryl methyl sites for hydroxylation is 1. The summed E-state index contributed by atoms with van der Waals surface area (Å²) in [4.78, 5) is 4.32. The first kappa shape index (κ1) is 22.6. The second-order valence-corrected chi connectivity index (χ2v) is 9.32. The molecule has 0 bridgehead atoms. The van der Waals surface area contributed by atoms with Gasteiger partial charge in [-0.1, -0.05) is 24.3 Å². The Hall–Kier alpha value is -3.63. The largest absolute Gasteiger partial charge is 0.494 e. The van der Waals surface area contributed by atoms with Crippen LogP contribution in [0.15, 0.2) is 78.2 Å². The van der Waals surface area contributed by atoms with Crippen LogP contribution >= 0.6 is 0 Å². The zero-order valence-corrected chi connectivity index (χ0v) is 19.2. The molecule has 2 aromatic heterocycles. The Morgan fingerprint density at radius 3 is 2.61 bits per heavy atom. The van der Waals surface area contributed by atoms with Crippen molar-refractivity contribution in [2.45, 2.75) is 31.8 Å². The second kappa shape index (κ2) is 9.88. The SMILES string of the molecule is CCOc1ccccc1CN(Cc1cccnc1)S(=O)(=O)c1ccc(-n2cnnn2)c(C)c1. The van der Waals surface area contributed by atoms with E-state index in [4.69, 9.17) is 4.74 Å². The third-order valence-electron chi connectivity index (χ3n) is 5.10. The van der Waals surface area contributed by atoms with Crippen molar-refractivity contribution in [1.29, 1.82) is 0 Å². The highest BCUT2D eigenvalue weighted by atomic mass is 32.2. The van der Waals surface area contributed by atoms with Gasteiger partial charge in [-0.2, -0.15) is 4.31 Å². The summed E-state index contributed by atoms with van der Waals surface area (Å²) in [6.45, 7) is 4.54. The van der Waals surface area contributed by atoms with Crippen LogP contribution in [0.4, 0.5) is 0 Å². The third-order valence-corrected chi connectivity index (χ3v) is 6.89. The van der Waals surface area contributed by atoms with E-state index in [0.717, 1.165) is 16.7 Å². The molecule has 9 nitrogen and oxygen atoms in total. The van der Waals surface area contributed by atoms with Crippen LogP contribution in [0.2, 0.25) is 0 Å². The van der Waals surface area contributed by atoms with E-state index < -0.39 is 10.0 Å². The van der Waals surface area contributed by atoms with Crippen molar-refractivity contribution in [2.24, 2.45) is 0 Å². The molecule has 2 aromatic carbocycles. The minimum atomic E-state index is -3.85. The van der Waals surface area contributed by atoms with Gasteiger partial charge in [-0.25, -0.2) is 13.1 Å². The van der Waals surface area contributed by atoms with Gasteiger partial charge in [0.2, 0.25) is 10.0 Å². The molecule has 0 saturated heterocycles. The van der Waals surface area contributed by atoms with Crippen LogP contribution in [-0.4, -0.2) is 44.5 Å². The van der Waals surface area contributed by atoms with Crippen LogP contribution < -0.4 is 4.74 Å². The quantitative estimate of drug-likeness (QED) is 0.375. The predicted octanol–water partition coefficient (Wildman–Crippen LogP) is 3.16. The summed E-state index contributed by atoms with van der Waals surface area (Å²) in [6, 6.07) is 16.0. The second-order valence-electron chi connectivity index (χ2n) is 7.38. The highest BCUT2D eigenvalue weighted by Crippen LogP contribution is 2.27. The Morgan fingerprint density at radius 2 is 1.91 bits per heavy atom. The van der Waals surface area contributed by atoms with Crippen LogP contribution in [0.25, 0.3) is 5.69 Å². The lowest BCUT2D eigenvalue weighted by Gasteiger charge is -2.24. The summed E-state index contributed by atoms with van der Waals surface area (Å²) in [6.07, 6.45) is 4.80. The molecule has 0 atom stereocenters. The number of para-hydroxylation sites is 1. The number of rotatable bonds is 9. The number of hydrogen-bond donors (Lipinski definition) is 0. The number of tetrazole rings is 1. The van der Waals surface area contributed by atoms with Crippen molar-refractivity contribution in [2.75, 3.05) is 6.61 Å². The van der Waals surface area contributed by atoms with Gasteiger partial charge in [-0.05, 0) is 65.7 Å². The molecule has 0 aliphatic heterocycles. The Labute approximate surface area is 192 Å². The molecule has 0 radical (unpaired) electrons. The summed E-state index contributed by atoms with van der Waals surface area (Å²) in [7, 11) is -3.85. The molecular formula is C23H24N6O3S. The molecule has 170 valence electrons. The average Bonchev–Trinajstić information content (AvgIpc) is 3.35. The third kappa shape index (κ3) is 5.07. The molecule has 2 heterocycles. The van der Waals surface area contributed by atoms with E-state index in [1.54, 1.807) is 36.7 Å². The van der Waals surface area contributed by atoms with Crippen molar-refractivity contribution in [3.63, 3.8) is 0 Å². The number of hydrogen-bond acceptors (Lipinski definition) is 7. The molecule has 0 spiro atoms. The lowest BCUT2D eigenvalue weighted by Crippen LogP contribution is -2.30. The molecule has 33 heavy (non-hydrogen) atoms. The fourth-order valence-corrected chi connectivity index (χ4v) is 5.00. The summed E-state index contributed by atoms with van der Waals surface area (Å²) < 4.78 is 36.2. The van der Waals surface area contributed by atoms with Gasteiger partial charge in [0.15, 0.2) is 0 Å². The Balaban J connectivity index is 1.72. The minimum absolute atomic E-state index is 0.154. The zero-order chi connectivity index (χ0) is 23.3. The lowest BCUT2D eigenvalue weighted by atomic mass is 10.2. The standard InChI is InChI=1S/C23H24N6O3S/c1-3-32-23-9-5-4-8-20(23)16-28(15-19-7-6-12-24-14-19)33(30,31)21-10-11-22(18(2)13-21)29-17-25-26-27-29/h4-14,17H,3,15-16H2,1-2H3. The van der Waals surface area contributed by atoms with Crippen molar-refractivity contribution in [1.82, 2.24) is 29.5 Å². The fourth-order valence-electron chi connectivity index (χ4n) is 3.51. The molecule has 0 fully saturated rings. The van der Waals surface area contributed by atoms with Crippen molar-refractivity contribution < 1.29 is 13.2 Å². The molecule has 0 unspecified atom stereocenters. The van der Waals surface area contributed by atoms with Gasteiger partial charge in [-0.3, -0.25) is 4.98 Å². The van der Waals surface area contributed by atoms with Gasteiger partial charge >= 0.3 is 0 Å². The zero-order valence-electron chi connectivity index (χ0n) is 18.4. The summed E-state index contributed by atoms with van der Waals surface area (Å²) in [5.41, 5.74) is 3.02. The summed E-state index contributed by atoms with van der Waals surface area (Å²) in [5, 5.41) is 11.2. The van der Waals surface area contributed by atoms with E-state index >= 15 is 0 Å². The number of nitrogens with zero attached hydrogens (tertiary/aromatic N) is 6. The topological polar surface area (TPSA) is 103 Å². The molecule has 4 rings (SSSR count). The maximum atomic E-state index is 13.8. The fraction of sp³-hybridized carbons (Fsp3) is 0.217. The Bertz CT molecular complexity index is 1310. The number of benzene rings is 2. The van der Waals surface area contributed by atoms with Gasteiger partial charge in [-0.15, -0.1) is 5.10 Å². The predicted molar refractivity (Wildman–Crippen MR) is 122 cm³/mol. The van der Waals surface area contributed by atoms with Crippen LogP contribution in [0.5, 0.6) is 5.75 Å². The normalized spacial score (nSPS) is 11.6. The number of pyridine rings is 1. The van der Waals surface area contributed by atoms with Crippen molar-refractivity contribution >= 4 is 10.0 Å². The van der Waals surface area contributed by atoms with Gasteiger partial charge in [0.1, 0.15) is 12.1 Å². The summed E-state index contributed by atoms with van der Waals surface area (Å²) in [5.74, 6) is 0.664. The van der Waals surface area contributed by atoms with E-state index in [1.807, 2.05) is 44.2 Å². The smallest absolute Gasteiger partial charge is 0.243 e. The molecule has 10 heteroatoms. The van der Waals surface area contributed by atoms with Gasteiger partial charge in [0.05, 0.1) is 17.2 Å². The van der Waals surface area contributed by atoms with Crippen LogP contribution in [0, 0.1) is 6.92 Å². The van der Waals surface area contributed by atoms with Gasteiger partial charge in [0.25, 0.3) is 0 Å². The molecular weight excluding hydrogens is 440 g/mol. The molecule has 0 aliphatic rings. The Kier molecular flexibility index (Phi) is 6.76. The number of sulfonamides is 1. The maximum Gasteiger partial charge on any atom is 0.243 e. The van der Waals surface area contributed by atoms with Crippen molar-refractivity contribution in [3.8, 4) is 11.4 Å². The molecule has 0 saturated carbocycles. The van der Waals surface area contributed by atoms with Gasteiger partial charge in [0, 0.05) is 31.0 Å². The Morgan fingerprint density at radius 1 is 1.06 bits per heavy atom. The molecule has 0 amide bonds. The first-order valence-corrected chi connectivity index (χ1v) is 11.9. The van der Waals surface area contributed by atoms with E-state index in [-0.39, 0.29) is 18.0 Å². The van der Waals surface area contributed by atoms with Crippen LogP contribution in [-0.2, 0) is 23.1 Å². The van der Waals surface area contributed by atoms with Crippen LogP contribution in [0.3, 0.4) is 0 Å². The highest BCUT2D eigenvalue weighted by molar-refractivity contribution is 7.89. The lowest BCUT2D eigenvalue weighted by molar-refractivity contribution is 0.327. The highest BCUT2D eigenvalue weighted by Gasteiger charge is 2.27.